The maximum Gasteiger partial charge on any atom is 0.303 e. The molecule has 0 amide bonds. The number of aliphatic hydroxyl groups is 4. The summed E-state index contributed by atoms with van der Waals surface area (Å²) in [4.78, 5) is 47.4. The van der Waals surface area contributed by atoms with Gasteiger partial charge in [0.15, 0.2) is 18.7 Å². The third-order valence-corrected chi connectivity index (χ3v) is 7.96. The van der Waals surface area contributed by atoms with Gasteiger partial charge in [-0.25, -0.2) is 0 Å². The summed E-state index contributed by atoms with van der Waals surface area (Å²) in [5.74, 6) is -3.70. The molecular weight excluding hydrogens is 634 g/mol. The van der Waals surface area contributed by atoms with Gasteiger partial charge in [-0.05, 0) is 0 Å². The Balaban J connectivity index is 0.00000376. The molecule has 14 atom stereocenters. The molecule has 47 heavy (non-hydrogen) atoms. The standard InChI is InChI=1S/C28H45NO16.CH4O/c1-11-18(40-15(5)33)8-39-19(9-37-13(3)31)24(11)45-28-26(41-16(6)34)12(2)25(20(43-28)10-38-14(4)32)44-27-21(29)23(36)22(35)17(7-30)42-27;1-2/h11-12,17-28,30,35-36H,7-10,29H2,1-6H3;2H,1H3/t11-,12+,17?,18?,19?,20?,21?,22-,23-,24+,25+,26?,27+,28-;/m1./s1. The van der Waals surface area contributed by atoms with Crippen molar-refractivity contribution in [3.8, 4) is 0 Å². The molecule has 0 bridgehead atoms. The third-order valence-electron chi connectivity index (χ3n) is 7.96. The Bertz CT molecular complexity index is 1020. The van der Waals surface area contributed by atoms with E-state index in [4.69, 9.17) is 53.5 Å². The highest BCUT2D eigenvalue weighted by atomic mass is 16.7. The Labute approximate surface area is 272 Å². The van der Waals surface area contributed by atoms with Gasteiger partial charge in [-0.15, -0.1) is 0 Å². The highest BCUT2D eigenvalue weighted by Crippen LogP contribution is 2.37. The van der Waals surface area contributed by atoms with Gasteiger partial charge < -0.3 is 68.8 Å². The zero-order valence-corrected chi connectivity index (χ0v) is 27.6. The van der Waals surface area contributed by atoms with E-state index in [-0.39, 0.29) is 19.8 Å². The number of carbonyl (C=O) groups excluding carboxylic acids is 4. The molecule has 3 aliphatic heterocycles. The van der Waals surface area contributed by atoms with E-state index in [2.05, 4.69) is 0 Å². The first kappa shape index (κ1) is 40.7. The Kier molecular flexibility index (Phi) is 16.3. The molecule has 3 aliphatic rings. The van der Waals surface area contributed by atoms with Crippen molar-refractivity contribution >= 4 is 23.9 Å². The average Bonchev–Trinajstić information content (AvgIpc) is 3.01. The topological polar surface area (TPSA) is 258 Å². The Hall–Kier alpha value is -2.52. The summed E-state index contributed by atoms with van der Waals surface area (Å²) in [7, 11) is 1.00. The van der Waals surface area contributed by atoms with E-state index < -0.39 is 116 Å². The maximum absolute atomic E-state index is 12.3. The van der Waals surface area contributed by atoms with E-state index in [0.717, 1.165) is 7.11 Å². The normalized spacial score (nSPS) is 38.6. The van der Waals surface area contributed by atoms with Gasteiger partial charge in [-0.2, -0.15) is 0 Å². The first-order valence-electron chi connectivity index (χ1n) is 15.2. The van der Waals surface area contributed by atoms with E-state index in [1.54, 1.807) is 13.8 Å². The van der Waals surface area contributed by atoms with Gasteiger partial charge in [-0.3, -0.25) is 19.2 Å². The molecule has 18 heteroatoms. The molecule has 3 rings (SSSR count). The predicted octanol–water partition coefficient (Wildman–Crippen LogP) is -2.48. The molecule has 0 spiro atoms. The Morgan fingerprint density at radius 3 is 1.74 bits per heavy atom. The van der Waals surface area contributed by atoms with Crippen LogP contribution in [0.25, 0.3) is 0 Å². The van der Waals surface area contributed by atoms with Crippen molar-refractivity contribution in [2.24, 2.45) is 17.6 Å². The van der Waals surface area contributed by atoms with E-state index in [1.807, 2.05) is 0 Å². The number of esters is 4. The van der Waals surface area contributed by atoms with Crippen LogP contribution >= 0.6 is 0 Å². The minimum Gasteiger partial charge on any atom is -0.463 e. The molecule has 3 heterocycles. The van der Waals surface area contributed by atoms with Crippen LogP contribution < -0.4 is 5.73 Å². The Morgan fingerprint density at radius 2 is 1.21 bits per heavy atom. The number of ether oxygens (including phenoxy) is 9. The molecule has 3 fully saturated rings. The van der Waals surface area contributed by atoms with Gasteiger partial charge in [-0.1, -0.05) is 13.8 Å². The van der Waals surface area contributed by atoms with Crippen molar-refractivity contribution in [3.05, 3.63) is 0 Å². The highest BCUT2D eigenvalue weighted by molar-refractivity contribution is 5.67. The Morgan fingerprint density at radius 1 is 0.702 bits per heavy atom. The number of rotatable bonds is 11. The smallest absolute Gasteiger partial charge is 0.303 e. The van der Waals surface area contributed by atoms with Crippen LogP contribution in [-0.2, 0) is 61.8 Å². The SMILES string of the molecule is CC(=O)OCC1OCC(OC(C)=O)[C@@H](C)[C@@H]1O[C@H]1OC(COC(C)=O)[C@@H](O[C@@H]2OC(CO)[C@@H](O)[C@H](O)C2N)[C@H](C)C1OC(C)=O.CO. The van der Waals surface area contributed by atoms with E-state index >= 15 is 0 Å². The molecule has 0 aromatic carbocycles. The third kappa shape index (κ3) is 11.0. The van der Waals surface area contributed by atoms with Crippen molar-refractivity contribution in [2.75, 3.05) is 33.5 Å². The first-order valence-corrected chi connectivity index (χ1v) is 15.2. The number of aliphatic hydroxyl groups excluding tert-OH is 4. The van der Waals surface area contributed by atoms with E-state index in [9.17, 15) is 34.5 Å². The number of hydrogen-bond acceptors (Lipinski definition) is 18. The highest BCUT2D eigenvalue weighted by Gasteiger charge is 2.53. The molecule has 272 valence electrons. The van der Waals surface area contributed by atoms with Gasteiger partial charge in [0.05, 0.1) is 31.5 Å². The van der Waals surface area contributed by atoms with Crippen LogP contribution in [0.15, 0.2) is 0 Å². The van der Waals surface area contributed by atoms with Gasteiger partial charge >= 0.3 is 23.9 Å². The zero-order chi connectivity index (χ0) is 35.6. The van der Waals surface area contributed by atoms with E-state index in [0.29, 0.717) is 0 Å². The summed E-state index contributed by atoms with van der Waals surface area (Å²) in [6.45, 7) is 7.07. The van der Waals surface area contributed by atoms with Crippen molar-refractivity contribution < 1.29 is 82.2 Å². The molecule has 3 saturated heterocycles. The van der Waals surface area contributed by atoms with Crippen LogP contribution in [-0.4, -0.2) is 151 Å². The van der Waals surface area contributed by atoms with E-state index in [1.165, 1.54) is 27.7 Å². The molecular formula is C29H49NO17. The van der Waals surface area contributed by atoms with Crippen molar-refractivity contribution in [3.63, 3.8) is 0 Å². The van der Waals surface area contributed by atoms with Crippen LogP contribution in [0.1, 0.15) is 41.5 Å². The molecule has 0 saturated carbocycles. The monoisotopic (exact) mass is 683 g/mol. The van der Waals surface area contributed by atoms with Crippen LogP contribution in [0.3, 0.4) is 0 Å². The lowest BCUT2D eigenvalue weighted by atomic mass is 9.88. The first-order chi connectivity index (χ1) is 22.1. The fourth-order valence-corrected chi connectivity index (χ4v) is 5.57. The average molecular weight is 684 g/mol. The molecule has 0 aromatic rings. The molecule has 18 nitrogen and oxygen atoms in total. The molecule has 0 aliphatic carbocycles. The largest absolute Gasteiger partial charge is 0.463 e. The fourth-order valence-electron chi connectivity index (χ4n) is 5.57. The summed E-state index contributed by atoms with van der Waals surface area (Å²) in [6.07, 6.45) is -12.7. The minimum absolute atomic E-state index is 0.00383. The fraction of sp³-hybridized carbons (Fsp3) is 0.862. The number of carbonyl (C=O) groups is 4. The minimum atomic E-state index is -1.51. The predicted molar refractivity (Wildman–Crippen MR) is 155 cm³/mol. The van der Waals surface area contributed by atoms with Crippen LogP contribution in [0.2, 0.25) is 0 Å². The van der Waals surface area contributed by atoms with Gasteiger partial charge in [0.2, 0.25) is 0 Å². The summed E-state index contributed by atoms with van der Waals surface area (Å²) in [6, 6.07) is -1.26. The van der Waals surface area contributed by atoms with Crippen molar-refractivity contribution in [2.45, 2.75) is 115 Å². The lowest BCUT2D eigenvalue weighted by Crippen LogP contribution is -2.66. The van der Waals surface area contributed by atoms with Gasteiger partial charge in [0.25, 0.3) is 0 Å². The number of hydrogen-bond donors (Lipinski definition) is 5. The maximum atomic E-state index is 12.3. The molecule has 0 radical (unpaired) electrons. The summed E-state index contributed by atoms with van der Waals surface area (Å²) >= 11 is 0. The summed E-state index contributed by atoms with van der Waals surface area (Å²) in [5.41, 5.74) is 6.09. The molecule has 6 N–H and O–H groups in total. The molecule has 0 aromatic heterocycles. The van der Waals surface area contributed by atoms with Crippen LogP contribution in [0.4, 0.5) is 0 Å². The lowest BCUT2D eigenvalue weighted by Gasteiger charge is -2.49. The van der Waals surface area contributed by atoms with Gasteiger partial charge in [0.1, 0.15) is 49.8 Å². The van der Waals surface area contributed by atoms with Crippen molar-refractivity contribution in [1.29, 1.82) is 0 Å². The lowest BCUT2D eigenvalue weighted by molar-refractivity contribution is -0.352. The quantitative estimate of drug-likeness (QED) is 0.111. The second-order valence-electron chi connectivity index (χ2n) is 11.4. The van der Waals surface area contributed by atoms with Crippen LogP contribution in [0.5, 0.6) is 0 Å². The second kappa shape index (κ2) is 18.9. The van der Waals surface area contributed by atoms with Crippen LogP contribution in [0, 0.1) is 11.8 Å². The van der Waals surface area contributed by atoms with Gasteiger partial charge in [0, 0.05) is 46.6 Å². The zero-order valence-electron chi connectivity index (χ0n) is 27.6. The summed E-state index contributed by atoms with van der Waals surface area (Å²) in [5, 5.41) is 37.3. The summed E-state index contributed by atoms with van der Waals surface area (Å²) < 4.78 is 51.7. The van der Waals surface area contributed by atoms with Crippen molar-refractivity contribution in [1.82, 2.24) is 0 Å². The number of nitrogens with two attached hydrogens (primary N) is 1. The second-order valence-corrected chi connectivity index (χ2v) is 11.4. The molecule has 6 unspecified atom stereocenters.